The van der Waals surface area contributed by atoms with E-state index < -0.39 is 0 Å². The maximum Gasteiger partial charge on any atom is 0.293 e. The molecule has 0 saturated carbocycles. The van der Waals surface area contributed by atoms with E-state index in [-0.39, 0.29) is 17.6 Å². The van der Waals surface area contributed by atoms with Crippen LogP contribution in [-0.2, 0) is 27.3 Å². The van der Waals surface area contributed by atoms with Gasteiger partial charge in [0.1, 0.15) is 6.61 Å². The van der Waals surface area contributed by atoms with Crippen molar-refractivity contribution in [1.29, 1.82) is 0 Å². The quantitative estimate of drug-likeness (QED) is 0.489. The molecule has 0 radical (unpaired) electrons. The fourth-order valence-electron chi connectivity index (χ4n) is 4.28. The fourth-order valence-corrected chi connectivity index (χ4v) is 4.53. The smallest absolute Gasteiger partial charge is 0.293 e. The number of aromatic nitrogens is 3. The van der Waals surface area contributed by atoms with Crippen molar-refractivity contribution in [3.05, 3.63) is 74.1 Å². The normalized spacial score (nSPS) is 16.9. The van der Waals surface area contributed by atoms with Crippen LogP contribution in [0.4, 0.5) is 5.69 Å². The molecule has 0 saturated heterocycles. The third-order valence-electron chi connectivity index (χ3n) is 5.92. The second-order valence-corrected chi connectivity index (χ2v) is 8.38. The summed E-state index contributed by atoms with van der Waals surface area (Å²) in [6.45, 7) is 6.50. The van der Waals surface area contributed by atoms with E-state index in [1.54, 1.807) is 6.92 Å². The van der Waals surface area contributed by atoms with Crippen LogP contribution in [0.15, 0.2) is 40.8 Å². The summed E-state index contributed by atoms with van der Waals surface area (Å²) in [7, 11) is 2.03. The Morgan fingerprint density at radius 2 is 1.97 bits per heavy atom. The van der Waals surface area contributed by atoms with Crippen molar-refractivity contribution in [3.8, 4) is 0 Å². The molecule has 4 rings (SSSR count). The van der Waals surface area contributed by atoms with Gasteiger partial charge in [-0.3, -0.25) is 9.59 Å². The first-order valence-electron chi connectivity index (χ1n) is 9.94. The number of para-hydroxylation sites is 1. The van der Waals surface area contributed by atoms with Crippen LogP contribution < -0.4 is 15.7 Å². The average molecular weight is 437 g/mol. The lowest BCUT2D eigenvalue weighted by molar-refractivity contribution is -0.129. The molecule has 0 spiro atoms. The molecule has 0 N–H and O–H groups in total. The van der Waals surface area contributed by atoms with E-state index in [4.69, 9.17) is 4.74 Å². The van der Waals surface area contributed by atoms with Crippen molar-refractivity contribution in [3.63, 3.8) is 0 Å². The van der Waals surface area contributed by atoms with E-state index >= 15 is 0 Å². The summed E-state index contributed by atoms with van der Waals surface area (Å²) in [6.07, 6.45) is 3.80. The molecule has 1 aliphatic heterocycles. The van der Waals surface area contributed by atoms with E-state index in [0.717, 1.165) is 11.4 Å². The predicted molar refractivity (Wildman–Crippen MR) is 123 cm³/mol. The van der Waals surface area contributed by atoms with Gasteiger partial charge in [0.15, 0.2) is 5.65 Å². The first-order valence-corrected chi connectivity index (χ1v) is 10.6. The number of likely N-dealkylation sites (N-methyl/N-ethyl adjacent to an activating group) is 1. The zero-order chi connectivity index (χ0) is 22.3. The first kappa shape index (κ1) is 21.1. The molecule has 31 heavy (non-hydrogen) atoms. The van der Waals surface area contributed by atoms with Crippen molar-refractivity contribution < 1.29 is 9.53 Å². The lowest BCUT2D eigenvalue weighted by Crippen LogP contribution is -2.35. The standard InChI is InChI=1S/C23H24N4O3S/c1-14-15(9-10-20-23(2,3)17-7-5-6-8-19(17)26(20)4)22(29)27-21(24-14)16(11-30-13-28)18(12-31)25-27/h5-10,13,31H,11-12H2,1-4H3/b15-9-,20-10+. The lowest BCUT2D eigenvalue weighted by atomic mass is 9.84. The Morgan fingerprint density at radius 3 is 2.65 bits per heavy atom. The second-order valence-electron chi connectivity index (χ2n) is 8.06. The number of ether oxygens (including phenoxy) is 1. The number of benzene rings is 1. The van der Waals surface area contributed by atoms with Gasteiger partial charge in [-0.15, -0.1) is 0 Å². The summed E-state index contributed by atoms with van der Waals surface area (Å²) in [5.41, 5.74) is 5.17. The van der Waals surface area contributed by atoms with Gasteiger partial charge in [0.25, 0.3) is 12.0 Å². The average Bonchev–Trinajstić information content (AvgIpc) is 3.19. The highest BCUT2D eigenvalue weighted by Gasteiger charge is 2.37. The maximum atomic E-state index is 13.2. The highest BCUT2D eigenvalue weighted by atomic mass is 32.1. The van der Waals surface area contributed by atoms with Gasteiger partial charge in [-0.05, 0) is 30.7 Å². The SMILES string of the molecule is Cc1nc2c(COC=O)c(CS)nn2c(=O)/c1=C\C=C1\N(C)c2ccccc2C1(C)C. The number of allylic oxidation sites excluding steroid dienone is 2. The molecular weight excluding hydrogens is 412 g/mol. The molecule has 3 heterocycles. The minimum absolute atomic E-state index is 0.000865. The van der Waals surface area contributed by atoms with Crippen LogP contribution in [0.5, 0.6) is 0 Å². The van der Waals surface area contributed by atoms with Crippen LogP contribution >= 0.6 is 12.6 Å². The molecule has 0 unspecified atom stereocenters. The van der Waals surface area contributed by atoms with Crippen LogP contribution in [0.2, 0.25) is 0 Å². The van der Waals surface area contributed by atoms with Crippen molar-refractivity contribution in [2.75, 3.05) is 11.9 Å². The molecule has 1 aliphatic rings. The fraction of sp³-hybridized carbons (Fsp3) is 0.304. The Labute approximate surface area is 185 Å². The minimum atomic E-state index is -0.268. The number of nitrogens with zero attached hydrogens (tertiary/aromatic N) is 4. The van der Waals surface area contributed by atoms with Crippen LogP contribution in [0.1, 0.15) is 36.4 Å². The molecule has 0 bridgehead atoms. The molecule has 160 valence electrons. The zero-order valence-electron chi connectivity index (χ0n) is 17.9. The van der Waals surface area contributed by atoms with Crippen LogP contribution in [-0.4, -0.2) is 28.1 Å². The molecule has 7 nitrogen and oxygen atoms in total. The Bertz CT molecular complexity index is 1330. The number of fused-ring (bicyclic) bond motifs is 2. The van der Waals surface area contributed by atoms with E-state index in [1.165, 1.54) is 10.1 Å². The van der Waals surface area contributed by atoms with Crippen molar-refractivity contribution in [2.45, 2.75) is 38.5 Å². The van der Waals surface area contributed by atoms with Gasteiger partial charge >= 0.3 is 0 Å². The van der Waals surface area contributed by atoms with Gasteiger partial charge in [0.2, 0.25) is 0 Å². The first-order chi connectivity index (χ1) is 14.8. The number of aryl methyl sites for hydroxylation is 1. The third kappa shape index (κ3) is 3.31. The van der Waals surface area contributed by atoms with Gasteiger partial charge in [0.05, 0.1) is 22.2 Å². The Morgan fingerprint density at radius 1 is 1.23 bits per heavy atom. The molecule has 3 aromatic rings. The number of carbonyl (C=O) groups excluding carboxylic acids is 1. The van der Waals surface area contributed by atoms with Crippen LogP contribution in [0.25, 0.3) is 11.7 Å². The molecular formula is C23H24N4O3S. The van der Waals surface area contributed by atoms with Crippen molar-refractivity contribution in [1.82, 2.24) is 14.6 Å². The molecule has 8 heteroatoms. The molecule has 1 aromatic carbocycles. The van der Waals surface area contributed by atoms with Crippen LogP contribution in [0, 0.1) is 6.92 Å². The van der Waals surface area contributed by atoms with Crippen LogP contribution in [0.3, 0.4) is 0 Å². The van der Waals surface area contributed by atoms with Gasteiger partial charge < -0.3 is 9.64 Å². The lowest BCUT2D eigenvalue weighted by Gasteiger charge is -2.23. The number of anilines is 1. The van der Waals surface area contributed by atoms with Crippen molar-refractivity contribution >= 4 is 36.5 Å². The second kappa shape index (κ2) is 7.85. The molecule has 0 aliphatic carbocycles. The monoisotopic (exact) mass is 436 g/mol. The molecule has 0 atom stereocenters. The van der Waals surface area contributed by atoms with E-state index in [2.05, 4.69) is 53.6 Å². The Balaban J connectivity index is 1.88. The predicted octanol–water partition coefficient (Wildman–Crippen LogP) is 2.31. The highest BCUT2D eigenvalue weighted by molar-refractivity contribution is 7.79. The summed E-state index contributed by atoms with van der Waals surface area (Å²) in [6, 6.07) is 8.30. The zero-order valence-corrected chi connectivity index (χ0v) is 18.8. The minimum Gasteiger partial charge on any atom is -0.463 e. The van der Waals surface area contributed by atoms with E-state index in [0.29, 0.717) is 40.0 Å². The van der Waals surface area contributed by atoms with Gasteiger partial charge in [-0.2, -0.15) is 22.2 Å². The topological polar surface area (TPSA) is 76.8 Å². The highest BCUT2D eigenvalue weighted by Crippen LogP contribution is 2.46. The van der Waals surface area contributed by atoms with Gasteiger partial charge in [-0.25, -0.2) is 4.98 Å². The molecule has 0 fully saturated rings. The number of carbonyl (C=O) groups is 1. The Kier molecular flexibility index (Phi) is 5.35. The van der Waals surface area contributed by atoms with Crippen molar-refractivity contribution in [2.24, 2.45) is 0 Å². The number of thiol groups is 1. The summed E-state index contributed by atoms with van der Waals surface area (Å²) in [5.74, 6) is 0.305. The maximum absolute atomic E-state index is 13.2. The number of hydrogen-bond acceptors (Lipinski definition) is 7. The Hall–Kier alpha value is -3.13. The van der Waals surface area contributed by atoms with E-state index in [1.807, 2.05) is 31.3 Å². The van der Waals surface area contributed by atoms with Gasteiger partial charge in [-0.1, -0.05) is 32.0 Å². The summed E-state index contributed by atoms with van der Waals surface area (Å²) >= 11 is 4.28. The molecule has 0 amide bonds. The summed E-state index contributed by atoms with van der Waals surface area (Å²) < 4.78 is 6.15. The summed E-state index contributed by atoms with van der Waals surface area (Å²) in [4.78, 5) is 30.6. The van der Waals surface area contributed by atoms with Gasteiger partial charge in [0, 0.05) is 29.6 Å². The summed E-state index contributed by atoms with van der Waals surface area (Å²) in [5, 5.41) is 4.83. The number of rotatable bonds is 5. The van der Waals surface area contributed by atoms with E-state index in [9.17, 15) is 9.59 Å². The molecule has 2 aromatic heterocycles. The largest absolute Gasteiger partial charge is 0.463 e. The number of hydrogen-bond donors (Lipinski definition) is 1. The third-order valence-corrected chi connectivity index (χ3v) is 6.22.